The molecular weight excluding hydrogens is 260 g/mol. The lowest BCUT2D eigenvalue weighted by molar-refractivity contribution is -0.384. The number of carbonyl (C=O) groups excluding carboxylic acids is 1. The van der Waals surface area contributed by atoms with Crippen LogP contribution in [0.4, 0.5) is 5.69 Å². The number of likely N-dealkylation sites (tertiary alicyclic amines) is 1. The molecule has 20 heavy (non-hydrogen) atoms. The number of rotatable bonds is 3. The van der Waals surface area contributed by atoms with Gasteiger partial charge in [0.15, 0.2) is 0 Å². The number of amides is 1. The van der Waals surface area contributed by atoms with E-state index in [0.29, 0.717) is 30.1 Å². The second-order valence-corrected chi connectivity index (χ2v) is 5.80. The summed E-state index contributed by atoms with van der Waals surface area (Å²) in [6.45, 7) is 2.42. The van der Waals surface area contributed by atoms with Gasteiger partial charge in [0.05, 0.1) is 18.0 Å². The van der Waals surface area contributed by atoms with Crippen molar-refractivity contribution in [2.75, 3.05) is 13.1 Å². The molecule has 1 heterocycles. The van der Waals surface area contributed by atoms with E-state index in [2.05, 4.69) is 0 Å². The summed E-state index contributed by atoms with van der Waals surface area (Å²) in [6, 6.07) is 4.23. The average Bonchev–Trinajstić information content (AvgIpc) is 3.18. The van der Waals surface area contributed by atoms with Crippen molar-refractivity contribution in [3.8, 4) is 0 Å². The van der Waals surface area contributed by atoms with Gasteiger partial charge in [0.2, 0.25) is 0 Å². The predicted molar refractivity (Wildman–Crippen MR) is 71.4 cm³/mol. The number of β-amino-alcohol motifs (C(OH)–C–C–N with tert-alkyl or cyclic N) is 1. The van der Waals surface area contributed by atoms with Crippen molar-refractivity contribution in [2.24, 2.45) is 5.92 Å². The van der Waals surface area contributed by atoms with E-state index in [-0.39, 0.29) is 11.6 Å². The fourth-order valence-corrected chi connectivity index (χ4v) is 2.81. The number of hydrogen-bond acceptors (Lipinski definition) is 4. The molecule has 6 heteroatoms. The molecule has 1 saturated carbocycles. The quantitative estimate of drug-likeness (QED) is 0.669. The Morgan fingerprint density at radius 2 is 2.10 bits per heavy atom. The molecule has 106 valence electrons. The number of nitro benzene ring substituents is 1. The van der Waals surface area contributed by atoms with E-state index in [1.807, 2.05) is 0 Å². The van der Waals surface area contributed by atoms with Crippen molar-refractivity contribution in [3.63, 3.8) is 0 Å². The normalized spacial score (nSPS) is 20.4. The molecule has 0 atom stereocenters. The zero-order valence-electron chi connectivity index (χ0n) is 11.2. The summed E-state index contributed by atoms with van der Waals surface area (Å²) in [7, 11) is 0. The van der Waals surface area contributed by atoms with E-state index in [1.165, 1.54) is 18.2 Å². The van der Waals surface area contributed by atoms with Crippen LogP contribution in [0.1, 0.15) is 28.8 Å². The lowest BCUT2D eigenvalue weighted by atomic mass is 9.88. The van der Waals surface area contributed by atoms with E-state index >= 15 is 0 Å². The van der Waals surface area contributed by atoms with Gasteiger partial charge in [-0.05, 0) is 37.3 Å². The third-order valence-corrected chi connectivity index (χ3v) is 4.21. The molecule has 6 nitrogen and oxygen atoms in total. The molecule has 0 bridgehead atoms. The van der Waals surface area contributed by atoms with Gasteiger partial charge >= 0.3 is 0 Å². The molecule has 3 rings (SSSR count). The highest BCUT2D eigenvalue weighted by atomic mass is 16.6. The summed E-state index contributed by atoms with van der Waals surface area (Å²) in [6.07, 6.45) is 2.07. The minimum atomic E-state index is -0.704. The highest BCUT2D eigenvalue weighted by Crippen LogP contribution is 2.44. The van der Waals surface area contributed by atoms with Crippen molar-refractivity contribution < 1.29 is 14.8 Å². The SMILES string of the molecule is Cc1cc([N+](=O)[O-])ccc1C(=O)N1CC(O)(C2CC2)C1. The molecule has 1 aromatic carbocycles. The van der Waals surface area contributed by atoms with Crippen LogP contribution in [0.25, 0.3) is 0 Å². The van der Waals surface area contributed by atoms with Gasteiger partial charge in [-0.15, -0.1) is 0 Å². The first kappa shape index (κ1) is 13.1. The lowest BCUT2D eigenvalue weighted by Gasteiger charge is -2.47. The van der Waals surface area contributed by atoms with Crippen LogP contribution < -0.4 is 0 Å². The van der Waals surface area contributed by atoms with Gasteiger partial charge < -0.3 is 10.0 Å². The van der Waals surface area contributed by atoms with Crippen LogP contribution in [0.2, 0.25) is 0 Å². The molecule has 0 aromatic heterocycles. The first-order valence-electron chi connectivity index (χ1n) is 6.67. The van der Waals surface area contributed by atoms with Gasteiger partial charge in [-0.25, -0.2) is 0 Å². The zero-order chi connectivity index (χ0) is 14.5. The van der Waals surface area contributed by atoms with Gasteiger partial charge in [0, 0.05) is 17.7 Å². The van der Waals surface area contributed by atoms with Gasteiger partial charge in [0.1, 0.15) is 5.60 Å². The molecule has 1 saturated heterocycles. The summed E-state index contributed by atoms with van der Waals surface area (Å²) < 4.78 is 0. The largest absolute Gasteiger partial charge is 0.386 e. The maximum absolute atomic E-state index is 12.3. The van der Waals surface area contributed by atoms with Gasteiger partial charge in [-0.1, -0.05) is 0 Å². The first-order valence-corrected chi connectivity index (χ1v) is 6.67. The molecule has 0 spiro atoms. The number of benzene rings is 1. The highest BCUT2D eigenvalue weighted by molar-refractivity contribution is 5.96. The lowest BCUT2D eigenvalue weighted by Crippen LogP contribution is -2.64. The fourth-order valence-electron chi connectivity index (χ4n) is 2.81. The molecule has 1 aliphatic carbocycles. The second kappa shape index (κ2) is 4.28. The number of hydrogen-bond donors (Lipinski definition) is 1. The Hall–Kier alpha value is -1.95. The van der Waals surface area contributed by atoms with Crippen molar-refractivity contribution in [2.45, 2.75) is 25.4 Å². The Balaban J connectivity index is 1.73. The molecular formula is C14H16N2O4. The number of nitrogens with zero attached hydrogens (tertiary/aromatic N) is 2. The number of aliphatic hydroxyl groups is 1. The number of non-ortho nitro benzene ring substituents is 1. The number of carbonyl (C=O) groups is 1. The van der Waals surface area contributed by atoms with Crippen LogP contribution in [-0.4, -0.2) is 39.5 Å². The predicted octanol–water partition coefficient (Wildman–Crippen LogP) is 1.50. The van der Waals surface area contributed by atoms with E-state index < -0.39 is 10.5 Å². The van der Waals surface area contributed by atoms with Crippen LogP contribution in [0, 0.1) is 23.0 Å². The molecule has 1 N–H and O–H groups in total. The van der Waals surface area contributed by atoms with Crippen molar-refractivity contribution in [3.05, 3.63) is 39.4 Å². The molecule has 0 unspecified atom stereocenters. The zero-order valence-corrected chi connectivity index (χ0v) is 11.2. The van der Waals surface area contributed by atoms with Crippen molar-refractivity contribution in [1.29, 1.82) is 0 Å². The minimum Gasteiger partial charge on any atom is -0.386 e. The Kier molecular flexibility index (Phi) is 2.79. The van der Waals surface area contributed by atoms with Crippen LogP contribution in [0.5, 0.6) is 0 Å². The maximum Gasteiger partial charge on any atom is 0.269 e. The first-order chi connectivity index (χ1) is 9.40. The van der Waals surface area contributed by atoms with E-state index in [9.17, 15) is 20.0 Å². The standard InChI is InChI=1S/C14H16N2O4/c1-9-6-11(16(19)20)4-5-12(9)13(17)15-7-14(18,8-15)10-2-3-10/h4-6,10,18H,2-3,7-8H2,1H3. The van der Waals surface area contributed by atoms with E-state index in [0.717, 1.165) is 12.8 Å². The second-order valence-electron chi connectivity index (χ2n) is 5.80. The summed E-state index contributed by atoms with van der Waals surface area (Å²) in [5, 5.41) is 20.9. The Morgan fingerprint density at radius 3 is 2.60 bits per heavy atom. The number of aryl methyl sites for hydroxylation is 1. The van der Waals surface area contributed by atoms with Gasteiger partial charge in [-0.2, -0.15) is 0 Å². The Labute approximate surface area is 116 Å². The Morgan fingerprint density at radius 1 is 1.45 bits per heavy atom. The third-order valence-electron chi connectivity index (χ3n) is 4.21. The third kappa shape index (κ3) is 2.06. The number of nitro groups is 1. The molecule has 1 aliphatic heterocycles. The molecule has 1 aromatic rings. The monoisotopic (exact) mass is 276 g/mol. The summed E-state index contributed by atoms with van der Waals surface area (Å²) >= 11 is 0. The van der Waals surface area contributed by atoms with E-state index in [4.69, 9.17) is 0 Å². The van der Waals surface area contributed by atoms with Crippen LogP contribution in [0.15, 0.2) is 18.2 Å². The highest BCUT2D eigenvalue weighted by Gasteiger charge is 2.53. The molecule has 2 aliphatic rings. The van der Waals surface area contributed by atoms with Crippen LogP contribution >= 0.6 is 0 Å². The van der Waals surface area contributed by atoms with Crippen LogP contribution in [-0.2, 0) is 0 Å². The summed E-state index contributed by atoms with van der Waals surface area (Å²) in [4.78, 5) is 24.1. The Bertz CT molecular complexity index is 589. The van der Waals surface area contributed by atoms with Crippen LogP contribution in [0.3, 0.4) is 0 Å². The van der Waals surface area contributed by atoms with Crippen molar-refractivity contribution >= 4 is 11.6 Å². The fraction of sp³-hybridized carbons (Fsp3) is 0.500. The van der Waals surface area contributed by atoms with Crippen molar-refractivity contribution in [1.82, 2.24) is 4.90 Å². The summed E-state index contributed by atoms with van der Waals surface area (Å²) in [5.74, 6) is 0.173. The minimum absolute atomic E-state index is 0.0165. The molecule has 0 radical (unpaired) electrons. The van der Waals surface area contributed by atoms with Gasteiger partial charge in [-0.3, -0.25) is 14.9 Å². The van der Waals surface area contributed by atoms with E-state index in [1.54, 1.807) is 11.8 Å². The molecule has 1 amide bonds. The van der Waals surface area contributed by atoms with Gasteiger partial charge in [0.25, 0.3) is 11.6 Å². The average molecular weight is 276 g/mol. The maximum atomic E-state index is 12.3. The summed E-state index contributed by atoms with van der Waals surface area (Å²) in [5.41, 5.74) is 0.335. The topological polar surface area (TPSA) is 83.7 Å². The molecule has 2 fully saturated rings. The smallest absolute Gasteiger partial charge is 0.269 e.